The molecule has 8 aromatic carbocycles. The highest BCUT2D eigenvalue weighted by Crippen LogP contribution is 2.37. The van der Waals surface area contributed by atoms with E-state index >= 15 is 0 Å². The van der Waals surface area contributed by atoms with Crippen LogP contribution in [0.1, 0.15) is 113 Å². The Morgan fingerprint density at radius 2 is 0.643 bits per heavy atom. The fourth-order valence-electron chi connectivity index (χ4n) is 14.3. The zero-order valence-electron chi connectivity index (χ0n) is 77.7. The second kappa shape index (κ2) is 55.9. The number of nitrogens with one attached hydrogen (secondary N) is 8. The Morgan fingerprint density at radius 3 is 0.944 bits per heavy atom. The molecule has 0 bridgehead atoms. The van der Waals surface area contributed by atoms with Gasteiger partial charge in [-0.15, -0.1) is 45.3 Å². The number of nitrogens with zero attached hydrogens (tertiary/aromatic N) is 6. The van der Waals surface area contributed by atoms with Gasteiger partial charge < -0.3 is 63.5 Å². The molecule has 0 aliphatic rings. The summed E-state index contributed by atoms with van der Waals surface area (Å²) in [5, 5.41) is 43.4. The fourth-order valence-corrected chi connectivity index (χ4v) is 17.5. The number of amides is 6. The summed E-state index contributed by atoms with van der Waals surface area (Å²) in [5.41, 5.74) is 17.9. The Kier molecular flexibility index (Phi) is 44.0. The number of fused-ring (bicyclic) bond motifs is 6. The van der Waals surface area contributed by atoms with Crippen molar-refractivity contribution in [1.29, 1.82) is 0 Å². The first-order valence-electron chi connectivity index (χ1n) is 44.1. The molecule has 0 radical (unpaired) electrons. The molecule has 6 amide bonds. The maximum absolute atomic E-state index is 12.5. The van der Waals surface area contributed by atoms with Gasteiger partial charge in [0.2, 0.25) is 35.2 Å². The van der Waals surface area contributed by atoms with Crippen molar-refractivity contribution in [1.82, 2.24) is 40.5 Å². The monoisotopic (exact) mass is 2070 g/mol. The Hall–Kier alpha value is -14.1. The topological polar surface area (TPSA) is 381 Å². The number of carbonyl (C=O) groups is 8. The maximum Gasteiger partial charge on any atom is 0.262 e. The highest BCUT2D eigenvalue weighted by molar-refractivity contribution is 7.59. The van der Waals surface area contributed by atoms with E-state index in [1.165, 1.54) is 51.4 Å². The second-order valence-corrected chi connectivity index (χ2v) is 37.1. The van der Waals surface area contributed by atoms with Crippen molar-refractivity contribution in [2.75, 3.05) is 59.2 Å². The van der Waals surface area contributed by atoms with Gasteiger partial charge in [-0.2, -0.15) is 27.0 Å². The van der Waals surface area contributed by atoms with Crippen molar-refractivity contribution >= 4 is 241 Å². The molecule has 0 saturated heterocycles. The van der Waals surface area contributed by atoms with E-state index in [0.717, 1.165) is 116 Å². The number of ether oxygens (including phenoxy) is 2. The lowest BCUT2D eigenvalue weighted by Gasteiger charge is -2.18. The molecule has 10 heterocycles. The SMILES string of the molecule is C.C.CN[C@@H](CC(C)C)C(=O)Nc1ccc2ccncc2c1.CN[C@H](CC(C)C)C(=O)Nc1ccc2ccncc2c1.Cc1cc(C(=O)c2cccs2)ccc1OCC(=O)Nc1ccc2ccncc2c1.N[C@@H](C(=O)Nc1ccc2ccncc2c1)c1cccs1.N[C@H](C(=O)Nc1ccc2ccncc2c1)c1cccs1.O=C(COc1ccc(C(=O)c2cccs2)c(Cl)c1Cl)Nc1ccc2ccncc2c1.S.S. The number of aromatic nitrogens is 6. The van der Waals surface area contributed by atoms with Gasteiger partial charge in [-0.05, 0) is 269 Å². The van der Waals surface area contributed by atoms with Gasteiger partial charge in [-0.25, -0.2) is 0 Å². The van der Waals surface area contributed by atoms with E-state index in [-0.39, 0.29) is 136 Å². The van der Waals surface area contributed by atoms with E-state index in [9.17, 15) is 38.4 Å². The van der Waals surface area contributed by atoms with Crippen LogP contribution in [0, 0.1) is 18.8 Å². The van der Waals surface area contributed by atoms with Crippen molar-refractivity contribution in [3.63, 3.8) is 0 Å². The minimum absolute atomic E-state index is 0. The van der Waals surface area contributed by atoms with Gasteiger partial charge in [0, 0.05) is 162 Å². The fraction of sp³-hybridized carbons (Fsp3) is 0.174. The van der Waals surface area contributed by atoms with Crippen LogP contribution in [0.15, 0.2) is 320 Å². The highest BCUT2D eigenvalue weighted by atomic mass is 35.5. The maximum atomic E-state index is 12.5. The number of thiophene rings is 4. The third kappa shape index (κ3) is 32.5. The lowest BCUT2D eigenvalue weighted by molar-refractivity contribution is -0.119. The number of benzene rings is 8. The number of hydrogen-bond donors (Lipinski definition) is 10. The average molecular weight is 2070 g/mol. The second-order valence-electron chi connectivity index (χ2n) is 32.5. The third-order valence-corrected chi connectivity index (χ3v) is 25.9. The molecule has 0 fully saturated rings. The van der Waals surface area contributed by atoms with E-state index < -0.39 is 12.1 Å². The molecule has 18 aromatic rings. The highest BCUT2D eigenvalue weighted by Gasteiger charge is 2.24. The molecule has 10 aromatic heterocycles. The van der Waals surface area contributed by atoms with Gasteiger partial charge in [0.25, 0.3) is 11.8 Å². The average Bonchev–Trinajstić information content (AvgIpc) is 1.79. The number of pyridine rings is 6. The van der Waals surface area contributed by atoms with E-state index in [4.69, 9.17) is 44.1 Å². The number of anilines is 6. The number of ketones is 2. The van der Waals surface area contributed by atoms with Gasteiger partial charge in [0.15, 0.2) is 13.2 Å². The van der Waals surface area contributed by atoms with Crippen LogP contribution in [0.4, 0.5) is 34.1 Å². The number of nitrogens with two attached hydrogens (primary N) is 2. The van der Waals surface area contributed by atoms with Crippen LogP contribution >= 0.6 is 95.5 Å². The molecule has 26 nitrogen and oxygen atoms in total. The number of hydrogen-bond acceptors (Lipinski definition) is 24. The summed E-state index contributed by atoms with van der Waals surface area (Å²) in [7, 11) is 3.63. The van der Waals surface area contributed by atoms with Crippen molar-refractivity contribution in [2.45, 2.75) is 86.5 Å². The number of rotatable bonds is 28. The van der Waals surface area contributed by atoms with Crippen molar-refractivity contribution in [3.05, 3.63) is 367 Å². The van der Waals surface area contributed by atoms with Crippen molar-refractivity contribution in [2.24, 2.45) is 23.3 Å². The standard InChI is InChI=1S/C23H18N2O3S.C22H14Cl2N2O3S.2C16H21N3O.2C15H13N3OS.2CH4.2H2S/c1-15-11-17(23(27)21-3-2-10-29-21)5-7-20(15)28-14-22(26)25-19-6-4-16-8-9-24-13-18(16)12-19;23-20-16(22(28)18-2-1-9-30-18)5-6-17(21(20)24)29-12-19(27)26-15-4-3-13-7-8-25-11-14(13)10-15;2*1-11(2)8-15(17-3)16(20)19-14-5-4-12-6-7-18-10-13(12)9-14;2*16-14(13-2-1-7-20-13)15(19)18-12-4-3-10-5-6-17-9-11(10)8-12;;;;/h2-13H,14H2,1H3,(H,25,26);1-11H,12H2,(H,26,27);2*4-7,9-11,15,17H,8H2,1-3H3,(H,19,20);2*1-9,14H,16H2,(H,18,19);2*1H4;2*1H2/t;;2*15-;2*14-;;;;/m..1010..../s1. The summed E-state index contributed by atoms with van der Waals surface area (Å²) >= 11 is 18.2. The largest absolute Gasteiger partial charge is 0.483 e. The molecule has 0 aliphatic carbocycles. The van der Waals surface area contributed by atoms with Gasteiger partial charge in [-0.1, -0.05) is 126 Å². The Morgan fingerprint density at radius 1 is 0.343 bits per heavy atom. The zero-order chi connectivity index (χ0) is 98.3. The van der Waals surface area contributed by atoms with Crippen LogP contribution in [0.25, 0.3) is 64.6 Å². The van der Waals surface area contributed by atoms with Gasteiger partial charge >= 0.3 is 0 Å². The first-order chi connectivity index (χ1) is 67.3. The van der Waals surface area contributed by atoms with E-state index in [0.29, 0.717) is 44.3 Å². The van der Waals surface area contributed by atoms with Crippen LogP contribution in [0.5, 0.6) is 11.5 Å². The van der Waals surface area contributed by atoms with Crippen molar-refractivity contribution in [3.8, 4) is 11.5 Å². The summed E-state index contributed by atoms with van der Waals surface area (Å²) < 4.78 is 11.2. The molecule has 0 spiro atoms. The molecule has 18 rings (SSSR count). The molecule has 0 aliphatic heterocycles. The molecular weight excluding hydrogens is 1960 g/mol. The molecule has 0 unspecified atom stereocenters. The molecular formula is C109H112Cl2N16O10S6. The lowest BCUT2D eigenvalue weighted by atomic mass is 10.0. The Labute approximate surface area is 870 Å². The summed E-state index contributed by atoms with van der Waals surface area (Å²) in [6, 6.07) is 67.2. The predicted octanol–water partition coefficient (Wildman–Crippen LogP) is 23.7. The number of carbonyl (C=O) groups excluding carboxylic acids is 8. The van der Waals surface area contributed by atoms with Crippen LogP contribution in [0.3, 0.4) is 0 Å². The van der Waals surface area contributed by atoms with Crippen LogP contribution in [-0.4, -0.2) is 116 Å². The van der Waals surface area contributed by atoms with Gasteiger partial charge in [0.05, 0.1) is 26.9 Å². The van der Waals surface area contributed by atoms with Gasteiger partial charge in [0.1, 0.15) is 28.6 Å². The Balaban J connectivity index is 0.000000192. The molecule has 143 heavy (non-hydrogen) atoms. The molecule has 0 saturated carbocycles. The van der Waals surface area contributed by atoms with Crippen LogP contribution in [-0.2, 0) is 28.8 Å². The smallest absolute Gasteiger partial charge is 0.262 e. The van der Waals surface area contributed by atoms with Crippen LogP contribution < -0.4 is 63.5 Å². The quantitative estimate of drug-likeness (QED) is 0.0204. The number of halogens is 2. The van der Waals surface area contributed by atoms with Gasteiger partial charge in [-0.3, -0.25) is 68.3 Å². The first kappa shape index (κ1) is 113. The van der Waals surface area contributed by atoms with Crippen molar-refractivity contribution < 1.29 is 47.8 Å². The molecule has 12 N–H and O–H groups in total. The molecule has 34 heteroatoms. The normalized spacial score (nSPS) is 11.4. The number of aryl methyl sites for hydroxylation is 1. The van der Waals surface area contributed by atoms with E-state index in [1.807, 2.05) is 212 Å². The minimum Gasteiger partial charge on any atom is -0.483 e. The predicted molar refractivity (Wildman–Crippen MR) is 598 cm³/mol. The van der Waals surface area contributed by atoms with Crippen LogP contribution in [0.2, 0.25) is 10.0 Å². The minimum atomic E-state index is -0.639. The summed E-state index contributed by atoms with van der Waals surface area (Å²) in [6.07, 6.45) is 22.7. The summed E-state index contributed by atoms with van der Waals surface area (Å²) in [6.45, 7) is 9.91. The third-order valence-electron chi connectivity index (χ3n) is 21.4. The Bertz CT molecular complexity index is 7060. The molecule has 738 valence electrons. The zero-order valence-corrected chi connectivity index (χ0v) is 84.5. The summed E-state index contributed by atoms with van der Waals surface area (Å²) in [4.78, 5) is 126. The summed E-state index contributed by atoms with van der Waals surface area (Å²) in [5.74, 6) is 0.479. The van der Waals surface area contributed by atoms with E-state index in [2.05, 4.69) is 100 Å². The first-order valence-corrected chi connectivity index (χ1v) is 48.4. The molecule has 4 atom stereocenters. The number of likely N-dealkylation sites (N-methyl/N-ethyl adjacent to an activating group) is 2. The van der Waals surface area contributed by atoms with E-state index in [1.54, 1.807) is 123 Å². The lowest BCUT2D eigenvalue weighted by Crippen LogP contribution is -2.39.